The number of fused-ring (bicyclic) bond motifs is 1. The second kappa shape index (κ2) is 5.86. The van der Waals surface area contributed by atoms with Crippen LogP contribution in [0.15, 0.2) is 29.0 Å². The number of hydrogen-bond donors (Lipinski definition) is 1. The van der Waals surface area contributed by atoms with E-state index < -0.39 is 0 Å². The Balaban J connectivity index is 2.10. The Bertz CT molecular complexity index is 1070. The van der Waals surface area contributed by atoms with Crippen LogP contribution < -0.4 is 0 Å². The first-order chi connectivity index (χ1) is 12.0. The van der Waals surface area contributed by atoms with E-state index >= 15 is 0 Å². The number of nitrogens with zero attached hydrogens (tertiary/aromatic N) is 3. The maximum Gasteiger partial charge on any atom is 0.141 e. The number of H-pyrrole nitrogens is 1. The minimum Gasteiger partial charge on any atom is -0.361 e. The van der Waals surface area contributed by atoms with E-state index in [1.54, 1.807) is 12.4 Å². The van der Waals surface area contributed by atoms with Gasteiger partial charge in [0, 0.05) is 29.1 Å². The van der Waals surface area contributed by atoms with Crippen molar-refractivity contribution >= 4 is 34.2 Å². The van der Waals surface area contributed by atoms with Gasteiger partial charge in [-0.15, -0.1) is 0 Å². The molecular formula is C18H14Cl2N4O. The molecule has 0 saturated carbocycles. The molecule has 7 heteroatoms. The van der Waals surface area contributed by atoms with Crippen LogP contribution in [-0.2, 0) is 0 Å². The van der Waals surface area contributed by atoms with Crippen molar-refractivity contribution in [1.82, 2.24) is 20.1 Å². The van der Waals surface area contributed by atoms with Gasteiger partial charge in [-0.1, -0.05) is 28.4 Å². The molecule has 0 fully saturated rings. The summed E-state index contributed by atoms with van der Waals surface area (Å²) in [5.74, 6) is 1.57. The van der Waals surface area contributed by atoms with E-state index in [9.17, 15) is 0 Å². The molecule has 0 radical (unpaired) electrons. The summed E-state index contributed by atoms with van der Waals surface area (Å²) in [6, 6.07) is 4.05. The van der Waals surface area contributed by atoms with Crippen LogP contribution >= 0.6 is 23.2 Å². The Morgan fingerprint density at radius 1 is 1.00 bits per heavy atom. The molecule has 1 aromatic carbocycles. The standard InChI is InChI=1S/C18H14Cl2N4O/c1-8-16(9(2)25-24-8)11-4-12(17-13(19)6-21-7-14(17)20)18-15(5-11)22-10(3)23-18/h4-7H,1-3H3,(H,22,23). The molecule has 0 saturated heterocycles. The quantitative estimate of drug-likeness (QED) is 0.503. The van der Waals surface area contributed by atoms with Gasteiger partial charge in [-0.2, -0.15) is 0 Å². The lowest BCUT2D eigenvalue weighted by Gasteiger charge is -2.10. The minimum atomic E-state index is 0.477. The zero-order valence-electron chi connectivity index (χ0n) is 13.8. The Hall–Kier alpha value is -2.37. The fourth-order valence-electron chi connectivity index (χ4n) is 3.14. The first kappa shape index (κ1) is 16.1. The second-order valence-corrected chi connectivity index (χ2v) is 6.73. The summed E-state index contributed by atoms with van der Waals surface area (Å²) >= 11 is 12.8. The molecule has 0 aliphatic carbocycles. The summed E-state index contributed by atoms with van der Waals surface area (Å²) in [7, 11) is 0. The molecule has 0 amide bonds. The van der Waals surface area contributed by atoms with E-state index in [1.165, 1.54) is 0 Å². The lowest BCUT2D eigenvalue weighted by Crippen LogP contribution is -1.89. The van der Waals surface area contributed by atoms with Crippen molar-refractivity contribution < 1.29 is 4.52 Å². The molecule has 0 spiro atoms. The van der Waals surface area contributed by atoms with Gasteiger partial charge < -0.3 is 9.51 Å². The number of pyridine rings is 1. The molecule has 0 bridgehead atoms. The van der Waals surface area contributed by atoms with Gasteiger partial charge in [0.2, 0.25) is 0 Å². The van der Waals surface area contributed by atoms with Gasteiger partial charge >= 0.3 is 0 Å². The molecule has 3 heterocycles. The fourth-order valence-corrected chi connectivity index (χ4v) is 3.71. The van der Waals surface area contributed by atoms with Crippen LogP contribution in [0.4, 0.5) is 0 Å². The van der Waals surface area contributed by atoms with Crippen molar-refractivity contribution in [1.29, 1.82) is 0 Å². The van der Waals surface area contributed by atoms with Gasteiger partial charge in [0.15, 0.2) is 0 Å². The molecule has 0 aliphatic heterocycles. The van der Waals surface area contributed by atoms with Crippen molar-refractivity contribution in [3.05, 3.63) is 51.9 Å². The van der Waals surface area contributed by atoms with Crippen molar-refractivity contribution in [2.45, 2.75) is 20.8 Å². The summed E-state index contributed by atoms with van der Waals surface area (Å²) < 4.78 is 5.32. The van der Waals surface area contributed by atoms with E-state index in [0.29, 0.717) is 15.6 Å². The predicted octanol–water partition coefficient (Wildman–Crippen LogP) is 5.51. The van der Waals surface area contributed by atoms with Crippen LogP contribution in [-0.4, -0.2) is 20.1 Å². The Morgan fingerprint density at radius 2 is 1.72 bits per heavy atom. The van der Waals surface area contributed by atoms with Crippen molar-refractivity contribution in [2.75, 3.05) is 0 Å². The zero-order valence-corrected chi connectivity index (χ0v) is 15.3. The largest absolute Gasteiger partial charge is 0.361 e. The van der Waals surface area contributed by atoms with E-state index in [0.717, 1.165) is 45.0 Å². The van der Waals surface area contributed by atoms with Crippen LogP contribution in [0.3, 0.4) is 0 Å². The highest BCUT2D eigenvalue weighted by atomic mass is 35.5. The summed E-state index contributed by atoms with van der Waals surface area (Å²) in [5, 5.41) is 5.01. The number of aromatic nitrogens is 4. The molecule has 3 aromatic heterocycles. The molecule has 126 valence electrons. The number of rotatable bonds is 2. The summed E-state index contributed by atoms with van der Waals surface area (Å²) in [5.41, 5.74) is 6.00. The molecule has 1 N–H and O–H groups in total. The highest BCUT2D eigenvalue weighted by Gasteiger charge is 2.19. The first-order valence-corrected chi connectivity index (χ1v) is 8.44. The Kier molecular flexibility index (Phi) is 3.78. The Morgan fingerprint density at radius 3 is 2.36 bits per heavy atom. The number of benzene rings is 1. The average molecular weight is 373 g/mol. The lowest BCUT2D eigenvalue weighted by atomic mass is 9.97. The lowest BCUT2D eigenvalue weighted by molar-refractivity contribution is 0.393. The predicted molar refractivity (Wildman–Crippen MR) is 99.1 cm³/mol. The number of aromatic amines is 1. The molecule has 25 heavy (non-hydrogen) atoms. The van der Waals surface area contributed by atoms with E-state index in [-0.39, 0.29) is 0 Å². The third kappa shape index (κ3) is 2.60. The topological polar surface area (TPSA) is 67.6 Å². The summed E-state index contributed by atoms with van der Waals surface area (Å²) in [6.45, 7) is 5.72. The monoisotopic (exact) mass is 372 g/mol. The highest BCUT2D eigenvalue weighted by Crippen LogP contribution is 2.40. The second-order valence-electron chi connectivity index (χ2n) is 5.92. The highest BCUT2D eigenvalue weighted by molar-refractivity contribution is 6.39. The van der Waals surface area contributed by atoms with Gasteiger partial charge in [-0.05, 0) is 38.5 Å². The van der Waals surface area contributed by atoms with Crippen LogP contribution in [0.2, 0.25) is 10.0 Å². The van der Waals surface area contributed by atoms with Crippen molar-refractivity contribution in [3.8, 4) is 22.3 Å². The molecule has 4 aromatic rings. The van der Waals surface area contributed by atoms with Gasteiger partial charge in [-0.25, -0.2) is 4.98 Å². The number of nitrogens with one attached hydrogen (secondary N) is 1. The zero-order chi connectivity index (χ0) is 17.7. The van der Waals surface area contributed by atoms with Gasteiger partial charge in [0.1, 0.15) is 11.6 Å². The van der Waals surface area contributed by atoms with Crippen LogP contribution in [0.25, 0.3) is 33.3 Å². The molecule has 4 rings (SSSR count). The van der Waals surface area contributed by atoms with Crippen LogP contribution in [0.1, 0.15) is 17.3 Å². The third-order valence-electron chi connectivity index (χ3n) is 4.15. The SMILES string of the molecule is Cc1nc2c(-c3c(Cl)cncc3Cl)cc(-c3c(C)noc3C)cc2[nH]1. The van der Waals surface area contributed by atoms with Crippen LogP contribution in [0, 0.1) is 20.8 Å². The maximum atomic E-state index is 6.40. The molecule has 0 atom stereocenters. The number of halogens is 2. The van der Waals surface area contributed by atoms with Crippen molar-refractivity contribution in [2.24, 2.45) is 0 Å². The van der Waals surface area contributed by atoms with E-state index in [4.69, 9.17) is 27.7 Å². The fraction of sp³-hybridized carbons (Fsp3) is 0.167. The normalized spacial score (nSPS) is 11.4. The van der Waals surface area contributed by atoms with E-state index in [2.05, 4.69) is 20.1 Å². The smallest absolute Gasteiger partial charge is 0.141 e. The summed E-state index contributed by atoms with van der Waals surface area (Å²) in [6.07, 6.45) is 3.16. The average Bonchev–Trinajstić information content (AvgIpc) is 3.08. The van der Waals surface area contributed by atoms with Gasteiger partial charge in [0.05, 0.1) is 26.8 Å². The maximum absolute atomic E-state index is 6.40. The minimum absolute atomic E-state index is 0.477. The number of hydrogen-bond acceptors (Lipinski definition) is 4. The molecule has 5 nitrogen and oxygen atoms in total. The van der Waals surface area contributed by atoms with Gasteiger partial charge in [-0.3, -0.25) is 4.98 Å². The first-order valence-electron chi connectivity index (χ1n) is 7.68. The van der Waals surface area contributed by atoms with E-state index in [1.807, 2.05) is 32.9 Å². The summed E-state index contributed by atoms with van der Waals surface area (Å²) in [4.78, 5) is 11.9. The number of imidazole rings is 1. The van der Waals surface area contributed by atoms with Gasteiger partial charge in [0.25, 0.3) is 0 Å². The van der Waals surface area contributed by atoms with Crippen molar-refractivity contribution in [3.63, 3.8) is 0 Å². The van der Waals surface area contributed by atoms with Crippen LogP contribution in [0.5, 0.6) is 0 Å². The molecule has 0 aliphatic rings. The molecule has 0 unspecified atom stereocenters. The molecular weight excluding hydrogens is 359 g/mol. The third-order valence-corrected chi connectivity index (χ3v) is 4.72. The Labute approximate surface area is 154 Å². The number of aryl methyl sites for hydroxylation is 3.